The number of carboxylic acid groups (broad SMARTS) is 1. The number of benzene rings is 3. The topological polar surface area (TPSA) is 57.5 Å². The number of rotatable bonds is 3. The molecule has 3 aromatic carbocycles. The van der Waals surface area contributed by atoms with Gasteiger partial charge >= 0.3 is 5.97 Å². The third kappa shape index (κ3) is 5.09. The van der Waals surface area contributed by atoms with E-state index in [0.717, 1.165) is 0 Å². The molecule has 3 nitrogen and oxygen atoms in total. The zero-order valence-corrected chi connectivity index (χ0v) is 12.6. The second kappa shape index (κ2) is 8.51. The molecule has 3 aromatic rings. The minimum Gasteiger partial charge on any atom is -0.480 e. The summed E-state index contributed by atoms with van der Waals surface area (Å²) in [6.45, 7) is -0.778. The van der Waals surface area contributed by atoms with Crippen LogP contribution in [0, 0.1) is 0 Å². The van der Waals surface area contributed by atoms with Crippen molar-refractivity contribution in [1.29, 1.82) is 0 Å². The third-order valence-corrected chi connectivity index (χ3v) is 3.23. The van der Waals surface area contributed by atoms with Crippen molar-refractivity contribution in [3.05, 3.63) is 84.9 Å². The summed E-state index contributed by atoms with van der Waals surface area (Å²) in [6.07, 6.45) is 0. The van der Waals surface area contributed by atoms with Gasteiger partial charge in [0.05, 0.1) is 0 Å². The third-order valence-electron chi connectivity index (χ3n) is 3.23. The van der Waals surface area contributed by atoms with Gasteiger partial charge in [0.1, 0.15) is 6.61 Å². The Morgan fingerprint density at radius 3 is 1.13 bits per heavy atom. The van der Waals surface area contributed by atoms with Crippen LogP contribution < -0.4 is 0 Å². The predicted molar refractivity (Wildman–Crippen MR) is 92.0 cm³/mol. The molecule has 3 heteroatoms. The Labute approximate surface area is 135 Å². The quantitative estimate of drug-likeness (QED) is 0.766. The Morgan fingerprint density at radius 2 is 0.870 bits per heavy atom. The van der Waals surface area contributed by atoms with Crippen molar-refractivity contribution in [3.63, 3.8) is 0 Å². The summed E-state index contributed by atoms with van der Waals surface area (Å²) in [5.74, 6) is -1.19. The van der Waals surface area contributed by atoms with Crippen LogP contribution in [-0.4, -0.2) is 22.8 Å². The van der Waals surface area contributed by atoms with Crippen LogP contribution in [0.5, 0.6) is 0 Å². The molecule has 0 saturated carbocycles. The van der Waals surface area contributed by atoms with Crippen LogP contribution in [0.4, 0.5) is 0 Å². The number of hydrogen-bond donors (Lipinski definition) is 2. The van der Waals surface area contributed by atoms with Crippen LogP contribution in [-0.2, 0) is 4.79 Å². The number of carboxylic acids is 1. The van der Waals surface area contributed by atoms with E-state index in [4.69, 9.17) is 15.0 Å². The van der Waals surface area contributed by atoms with E-state index in [1.807, 2.05) is 12.1 Å². The fourth-order valence-electron chi connectivity index (χ4n) is 2.12. The Balaban J connectivity index is 0.000000338. The van der Waals surface area contributed by atoms with Gasteiger partial charge in [0.25, 0.3) is 0 Å². The normalized spacial score (nSPS) is 9.61. The maximum absolute atomic E-state index is 9.12. The molecule has 0 aliphatic rings. The van der Waals surface area contributed by atoms with E-state index in [-0.39, 0.29) is 0 Å². The van der Waals surface area contributed by atoms with Crippen molar-refractivity contribution in [1.82, 2.24) is 0 Å². The molecular weight excluding hydrogens is 288 g/mol. The molecule has 3 rings (SSSR count). The van der Waals surface area contributed by atoms with E-state index in [9.17, 15) is 0 Å². The molecule has 0 bridgehead atoms. The smallest absolute Gasteiger partial charge is 0.329 e. The highest BCUT2D eigenvalue weighted by Crippen LogP contribution is 2.24. The highest BCUT2D eigenvalue weighted by atomic mass is 16.4. The molecule has 0 aliphatic carbocycles. The fourth-order valence-corrected chi connectivity index (χ4v) is 2.12. The predicted octanol–water partition coefficient (Wildman–Crippen LogP) is 4.08. The average molecular weight is 306 g/mol. The maximum atomic E-state index is 9.12. The van der Waals surface area contributed by atoms with Crippen LogP contribution in [0.15, 0.2) is 84.9 Å². The lowest BCUT2D eigenvalue weighted by Gasteiger charge is -2.04. The largest absolute Gasteiger partial charge is 0.480 e. The maximum Gasteiger partial charge on any atom is 0.329 e. The van der Waals surface area contributed by atoms with Crippen molar-refractivity contribution < 1.29 is 15.0 Å². The molecule has 0 aromatic heterocycles. The van der Waals surface area contributed by atoms with Crippen molar-refractivity contribution in [2.75, 3.05) is 6.61 Å². The van der Waals surface area contributed by atoms with E-state index >= 15 is 0 Å². The molecule has 2 N–H and O–H groups in total. The van der Waals surface area contributed by atoms with E-state index < -0.39 is 12.6 Å². The summed E-state index contributed by atoms with van der Waals surface area (Å²) in [7, 11) is 0. The lowest BCUT2D eigenvalue weighted by molar-refractivity contribution is -0.140. The van der Waals surface area contributed by atoms with E-state index in [1.54, 1.807) is 0 Å². The first-order valence-corrected chi connectivity index (χ1v) is 7.24. The van der Waals surface area contributed by atoms with Crippen molar-refractivity contribution >= 4 is 5.97 Å². The molecule has 23 heavy (non-hydrogen) atoms. The van der Waals surface area contributed by atoms with Gasteiger partial charge in [-0.3, -0.25) is 0 Å². The van der Waals surface area contributed by atoms with Gasteiger partial charge in [-0.25, -0.2) is 4.79 Å². The number of aliphatic hydroxyl groups is 1. The Hall–Kier alpha value is -2.91. The molecule has 0 atom stereocenters. The second-order valence-corrected chi connectivity index (χ2v) is 4.86. The number of aliphatic carboxylic acids is 1. The van der Waals surface area contributed by atoms with Crippen molar-refractivity contribution in [3.8, 4) is 22.3 Å². The van der Waals surface area contributed by atoms with Gasteiger partial charge in [0.15, 0.2) is 0 Å². The number of hydrogen-bond acceptors (Lipinski definition) is 2. The van der Waals surface area contributed by atoms with E-state index in [2.05, 4.69) is 72.8 Å². The molecular formula is C20H18O3. The first kappa shape index (κ1) is 16.5. The first-order chi connectivity index (χ1) is 11.2. The highest BCUT2D eigenvalue weighted by molar-refractivity contribution is 5.70. The summed E-state index contributed by atoms with van der Waals surface area (Å²) in [5.41, 5.74) is 5.04. The second-order valence-electron chi connectivity index (χ2n) is 4.86. The Kier molecular flexibility index (Phi) is 6.09. The molecule has 0 unspecified atom stereocenters. The summed E-state index contributed by atoms with van der Waals surface area (Å²) >= 11 is 0. The van der Waals surface area contributed by atoms with Gasteiger partial charge in [-0.15, -0.1) is 0 Å². The first-order valence-electron chi connectivity index (χ1n) is 7.24. The SMILES string of the molecule is O=C(O)CO.c1ccc(-c2ccc(-c3ccccc3)cc2)cc1. The average Bonchev–Trinajstić information content (AvgIpc) is 2.64. The minimum atomic E-state index is -1.19. The molecule has 0 saturated heterocycles. The minimum absolute atomic E-state index is 0.778. The summed E-state index contributed by atoms with van der Waals surface area (Å²) in [5, 5.41) is 15.0. The summed E-state index contributed by atoms with van der Waals surface area (Å²) < 4.78 is 0. The molecule has 116 valence electrons. The molecule has 0 heterocycles. The molecule has 0 spiro atoms. The van der Waals surface area contributed by atoms with Crippen LogP contribution in [0.3, 0.4) is 0 Å². The highest BCUT2D eigenvalue weighted by Gasteiger charge is 1.98. The van der Waals surface area contributed by atoms with Crippen LogP contribution in [0.1, 0.15) is 0 Å². The van der Waals surface area contributed by atoms with Crippen LogP contribution >= 0.6 is 0 Å². The van der Waals surface area contributed by atoms with Gasteiger partial charge < -0.3 is 10.2 Å². The molecule has 0 aliphatic heterocycles. The van der Waals surface area contributed by atoms with Gasteiger partial charge in [-0.1, -0.05) is 84.9 Å². The van der Waals surface area contributed by atoms with Crippen molar-refractivity contribution in [2.24, 2.45) is 0 Å². The van der Waals surface area contributed by atoms with Gasteiger partial charge in [0.2, 0.25) is 0 Å². The molecule has 0 amide bonds. The van der Waals surface area contributed by atoms with Crippen LogP contribution in [0.25, 0.3) is 22.3 Å². The monoisotopic (exact) mass is 306 g/mol. The lowest BCUT2D eigenvalue weighted by Crippen LogP contribution is -1.98. The zero-order valence-electron chi connectivity index (χ0n) is 12.6. The summed E-state index contributed by atoms with van der Waals surface area (Å²) in [6, 6.07) is 29.6. The zero-order chi connectivity index (χ0) is 16.5. The van der Waals surface area contributed by atoms with E-state index in [0.29, 0.717) is 0 Å². The number of carbonyl (C=O) groups is 1. The number of aliphatic hydroxyl groups excluding tert-OH is 1. The Morgan fingerprint density at radius 1 is 0.609 bits per heavy atom. The van der Waals surface area contributed by atoms with Crippen molar-refractivity contribution in [2.45, 2.75) is 0 Å². The molecule has 0 fully saturated rings. The lowest BCUT2D eigenvalue weighted by atomic mass is 10.0. The van der Waals surface area contributed by atoms with Gasteiger partial charge in [0, 0.05) is 0 Å². The molecule has 0 radical (unpaired) electrons. The Bertz CT molecular complexity index is 661. The van der Waals surface area contributed by atoms with Gasteiger partial charge in [-0.05, 0) is 22.3 Å². The van der Waals surface area contributed by atoms with Gasteiger partial charge in [-0.2, -0.15) is 0 Å². The standard InChI is InChI=1S/C18H14.C2H4O3/c1-3-7-15(8-4-1)17-11-13-18(14-12-17)16-9-5-2-6-10-16;3-1-2(4)5/h1-14H;3H,1H2,(H,4,5). The van der Waals surface area contributed by atoms with E-state index in [1.165, 1.54) is 22.3 Å². The van der Waals surface area contributed by atoms with Crippen LogP contribution in [0.2, 0.25) is 0 Å². The summed E-state index contributed by atoms with van der Waals surface area (Å²) in [4.78, 5) is 9.12. The fraction of sp³-hybridized carbons (Fsp3) is 0.0500.